The molecule has 0 unspecified atom stereocenters. The summed E-state index contributed by atoms with van der Waals surface area (Å²) < 4.78 is 14.1. The molecule has 2 heterocycles. The maximum absolute atomic E-state index is 12.7. The normalized spacial score (nSPS) is 11.2. The van der Waals surface area contributed by atoms with Crippen LogP contribution in [0, 0.1) is 25.2 Å². The highest BCUT2D eigenvalue weighted by atomic mass is 16.5. The Morgan fingerprint density at radius 3 is 2.50 bits per heavy atom. The third-order valence-electron chi connectivity index (χ3n) is 5.31. The average Bonchev–Trinajstić information content (AvgIpc) is 3.45. The topological polar surface area (TPSA) is 108 Å². The molecule has 0 saturated carbocycles. The molecule has 0 aliphatic heterocycles. The van der Waals surface area contributed by atoms with E-state index in [1.807, 2.05) is 85.1 Å². The molecule has 0 atom stereocenters. The van der Waals surface area contributed by atoms with Crippen LogP contribution in [0.2, 0.25) is 0 Å². The minimum absolute atomic E-state index is 0.117. The van der Waals surface area contributed by atoms with Crippen molar-refractivity contribution in [3.63, 3.8) is 0 Å². The third-order valence-corrected chi connectivity index (χ3v) is 5.31. The molecule has 0 aliphatic carbocycles. The van der Waals surface area contributed by atoms with Crippen LogP contribution in [0.3, 0.4) is 0 Å². The zero-order chi connectivity index (χ0) is 24.1. The zero-order valence-electron chi connectivity index (χ0n) is 19.0. The average molecular weight is 454 g/mol. The van der Waals surface area contributed by atoms with Gasteiger partial charge in [-0.25, -0.2) is 4.79 Å². The van der Waals surface area contributed by atoms with E-state index >= 15 is 0 Å². The standard InChI is InChI=1S/C25H22N6O3/c1-17-13-19(18(2)30(17)21-9-11-23(33-3)12-10-21)14-20(15-26)25(32)34-16-24-27-28-29-31(24)22-7-5-4-6-8-22/h4-14H,16H2,1-3H3/b20-14+. The summed E-state index contributed by atoms with van der Waals surface area (Å²) in [6.45, 7) is 3.71. The van der Waals surface area contributed by atoms with Gasteiger partial charge in [0, 0.05) is 17.1 Å². The molecule has 0 N–H and O–H groups in total. The first-order valence-electron chi connectivity index (χ1n) is 10.5. The van der Waals surface area contributed by atoms with E-state index in [-0.39, 0.29) is 12.2 Å². The van der Waals surface area contributed by atoms with Crippen molar-refractivity contribution in [3.8, 4) is 23.2 Å². The van der Waals surface area contributed by atoms with Crippen LogP contribution >= 0.6 is 0 Å². The van der Waals surface area contributed by atoms with Gasteiger partial charge in [0.25, 0.3) is 0 Å². The largest absolute Gasteiger partial charge is 0.497 e. The van der Waals surface area contributed by atoms with Crippen LogP contribution in [0.25, 0.3) is 17.5 Å². The van der Waals surface area contributed by atoms with Crippen molar-refractivity contribution in [2.24, 2.45) is 0 Å². The van der Waals surface area contributed by atoms with E-state index in [9.17, 15) is 10.1 Å². The molecule has 9 nitrogen and oxygen atoms in total. The van der Waals surface area contributed by atoms with Gasteiger partial charge in [0.15, 0.2) is 12.4 Å². The molecule has 9 heteroatoms. The van der Waals surface area contributed by atoms with Crippen LogP contribution < -0.4 is 4.74 Å². The molecular formula is C25H22N6O3. The monoisotopic (exact) mass is 454 g/mol. The van der Waals surface area contributed by atoms with Gasteiger partial charge < -0.3 is 14.0 Å². The van der Waals surface area contributed by atoms with Crippen molar-refractivity contribution >= 4 is 12.0 Å². The summed E-state index contributed by atoms with van der Waals surface area (Å²) in [5, 5.41) is 21.1. The maximum Gasteiger partial charge on any atom is 0.349 e. The van der Waals surface area contributed by atoms with Crippen molar-refractivity contribution in [3.05, 3.63) is 89.0 Å². The Labute approximate surface area is 196 Å². The first kappa shape index (κ1) is 22.5. The van der Waals surface area contributed by atoms with Gasteiger partial charge in [0.2, 0.25) is 0 Å². The SMILES string of the molecule is COc1ccc(-n2c(C)cc(/C=C(\C#N)C(=O)OCc3nnnn3-c3ccccc3)c2C)cc1. The quantitative estimate of drug-likeness (QED) is 0.238. The van der Waals surface area contributed by atoms with E-state index in [0.29, 0.717) is 5.82 Å². The van der Waals surface area contributed by atoms with Gasteiger partial charge in [-0.05, 0) is 78.4 Å². The summed E-state index contributed by atoms with van der Waals surface area (Å²) in [6.07, 6.45) is 1.53. The van der Waals surface area contributed by atoms with Crippen LogP contribution in [0.5, 0.6) is 5.75 Å². The fourth-order valence-corrected chi connectivity index (χ4v) is 3.63. The second-order valence-electron chi connectivity index (χ2n) is 7.45. The van der Waals surface area contributed by atoms with Crippen molar-refractivity contribution in [1.82, 2.24) is 24.8 Å². The predicted molar refractivity (Wildman–Crippen MR) is 124 cm³/mol. The van der Waals surface area contributed by atoms with Crippen LogP contribution in [-0.4, -0.2) is 37.9 Å². The molecule has 0 aliphatic rings. The summed E-state index contributed by atoms with van der Waals surface area (Å²) in [5.74, 6) is 0.355. The van der Waals surface area contributed by atoms with Crippen LogP contribution in [0.15, 0.2) is 66.2 Å². The highest BCUT2D eigenvalue weighted by Crippen LogP contribution is 2.24. The Morgan fingerprint density at radius 2 is 1.82 bits per heavy atom. The van der Waals surface area contributed by atoms with Crippen molar-refractivity contribution in [2.45, 2.75) is 20.5 Å². The Hall–Kier alpha value is -4.71. The Bertz CT molecular complexity index is 1380. The van der Waals surface area contributed by atoms with Gasteiger partial charge in [0.1, 0.15) is 17.4 Å². The second-order valence-corrected chi connectivity index (χ2v) is 7.45. The molecule has 0 spiro atoms. The lowest BCUT2D eigenvalue weighted by molar-refractivity contribution is -0.140. The number of hydrogen-bond acceptors (Lipinski definition) is 7. The number of nitriles is 1. The minimum atomic E-state index is -0.751. The molecular weight excluding hydrogens is 432 g/mol. The zero-order valence-corrected chi connectivity index (χ0v) is 19.0. The van der Waals surface area contributed by atoms with E-state index in [4.69, 9.17) is 9.47 Å². The molecule has 34 heavy (non-hydrogen) atoms. The van der Waals surface area contributed by atoms with Crippen LogP contribution in [0.4, 0.5) is 0 Å². The Balaban J connectivity index is 1.53. The molecule has 4 aromatic rings. The first-order chi connectivity index (χ1) is 16.5. The summed E-state index contributed by atoms with van der Waals surface area (Å²) in [6, 6.07) is 20.8. The maximum atomic E-state index is 12.7. The molecule has 4 rings (SSSR count). The highest BCUT2D eigenvalue weighted by molar-refractivity contribution is 5.98. The summed E-state index contributed by atoms with van der Waals surface area (Å²) >= 11 is 0. The first-order valence-corrected chi connectivity index (χ1v) is 10.5. The summed E-state index contributed by atoms with van der Waals surface area (Å²) in [5.41, 5.74) is 4.16. The van der Waals surface area contributed by atoms with Crippen molar-refractivity contribution in [1.29, 1.82) is 5.26 Å². The van der Waals surface area contributed by atoms with E-state index in [1.54, 1.807) is 7.11 Å². The fraction of sp³-hybridized carbons (Fsp3) is 0.160. The summed E-state index contributed by atoms with van der Waals surface area (Å²) in [4.78, 5) is 12.7. The number of hydrogen-bond donors (Lipinski definition) is 0. The van der Waals surface area contributed by atoms with E-state index in [2.05, 4.69) is 15.5 Å². The van der Waals surface area contributed by atoms with Crippen molar-refractivity contribution < 1.29 is 14.3 Å². The number of benzene rings is 2. The lowest BCUT2D eigenvalue weighted by Crippen LogP contribution is -2.11. The highest BCUT2D eigenvalue weighted by Gasteiger charge is 2.17. The Kier molecular flexibility index (Phi) is 6.50. The smallest absolute Gasteiger partial charge is 0.349 e. The number of aryl methyl sites for hydroxylation is 1. The predicted octanol–water partition coefficient (Wildman–Crippen LogP) is 3.73. The number of carbonyl (C=O) groups excluding carboxylic acids is 1. The lowest BCUT2D eigenvalue weighted by Gasteiger charge is -2.10. The van der Waals surface area contributed by atoms with Gasteiger partial charge >= 0.3 is 5.97 Å². The lowest BCUT2D eigenvalue weighted by atomic mass is 10.1. The number of methoxy groups -OCH3 is 1. The number of para-hydroxylation sites is 1. The van der Waals surface area contributed by atoms with E-state index < -0.39 is 5.97 Å². The molecule has 2 aromatic heterocycles. The molecule has 0 radical (unpaired) electrons. The number of nitrogens with zero attached hydrogens (tertiary/aromatic N) is 6. The minimum Gasteiger partial charge on any atom is -0.497 e. The van der Waals surface area contributed by atoms with E-state index in [0.717, 1.165) is 34.1 Å². The van der Waals surface area contributed by atoms with Gasteiger partial charge in [-0.3, -0.25) is 0 Å². The molecule has 0 fully saturated rings. The molecule has 0 saturated heterocycles. The summed E-state index contributed by atoms with van der Waals surface area (Å²) in [7, 11) is 1.62. The second kappa shape index (κ2) is 9.83. The molecule has 170 valence electrons. The molecule has 0 bridgehead atoms. The number of ether oxygens (including phenoxy) is 2. The van der Waals surface area contributed by atoms with Gasteiger partial charge in [0.05, 0.1) is 12.8 Å². The number of aromatic nitrogens is 5. The molecule has 0 amide bonds. The number of carbonyl (C=O) groups is 1. The fourth-order valence-electron chi connectivity index (χ4n) is 3.63. The van der Waals surface area contributed by atoms with E-state index in [1.165, 1.54) is 10.8 Å². The third kappa shape index (κ3) is 4.56. The van der Waals surface area contributed by atoms with Crippen molar-refractivity contribution in [2.75, 3.05) is 7.11 Å². The van der Waals surface area contributed by atoms with Gasteiger partial charge in [-0.15, -0.1) is 5.10 Å². The number of rotatable bonds is 7. The number of tetrazole rings is 1. The van der Waals surface area contributed by atoms with Gasteiger partial charge in [-0.1, -0.05) is 18.2 Å². The van der Waals surface area contributed by atoms with Gasteiger partial charge in [-0.2, -0.15) is 9.94 Å². The Morgan fingerprint density at radius 1 is 1.09 bits per heavy atom. The van der Waals surface area contributed by atoms with Crippen LogP contribution in [0.1, 0.15) is 22.8 Å². The molecule has 2 aromatic carbocycles. The number of esters is 1. The van der Waals surface area contributed by atoms with Crippen LogP contribution in [-0.2, 0) is 16.1 Å².